The number of amides is 1. The lowest BCUT2D eigenvalue weighted by Gasteiger charge is -2.35. The highest BCUT2D eigenvalue weighted by atomic mass is 35.5. The molecule has 1 aromatic rings. The van der Waals surface area contributed by atoms with Gasteiger partial charge in [0.2, 0.25) is 0 Å². The van der Waals surface area contributed by atoms with Gasteiger partial charge in [0.05, 0.1) is 17.1 Å². The molecule has 0 saturated carbocycles. The first-order chi connectivity index (χ1) is 10.5. The maximum atomic E-state index is 12.1. The first kappa shape index (κ1) is 15.6. The number of hydrogen-bond acceptors (Lipinski definition) is 4. The second-order valence-electron chi connectivity index (χ2n) is 5.49. The molecule has 1 aromatic carbocycles. The molecule has 2 unspecified atom stereocenters. The van der Waals surface area contributed by atoms with Crippen molar-refractivity contribution in [3.63, 3.8) is 0 Å². The van der Waals surface area contributed by atoms with E-state index in [-0.39, 0.29) is 18.1 Å². The molecule has 0 aliphatic carbocycles. The third-order valence-corrected chi connectivity index (χ3v) is 4.88. The van der Waals surface area contributed by atoms with Gasteiger partial charge in [-0.2, -0.15) is 4.99 Å². The SMILES string of the molecule is CC1CN(C2=NC(=O)C(=Cc3ccccc3Cl)S2)CC(C)O1. The van der Waals surface area contributed by atoms with Crippen molar-refractivity contribution in [1.82, 2.24) is 4.90 Å². The van der Waals surface area contributed by atoms with E-state index in [1.165, 1.54) is 11.8 Å². The summed E-state index contributed by atoms with van der Waals surface area (Å²) < 4.78 is 5.72. The van der Waals surface area contributed by atoms with Gasteiger partial charge in [0.1, 0.15) is 0 Å². The van der Waals surface area contributed by atoms with Gasteiger partial charge in [-0.25, -0.2) is 0 Å². The number of halogens is 1. The number of hydrogen-bond donors (Lipinski definition) is 0. The van der Waals surface area contributed by atoms with E-state index in [9.17, 15) is 4.79 Å². The van der Waals surface area contributed by atoms with Gasteiger partial charge >= 0.3 is 0 Å². The average molecular weight is 337 g/mol. The topological polar surface area (TPSA) is 41.9 Å². The Kier molecular flexibility index (Phi) is 4.57. The number of carbonyl (C=O) groups is 1. The normalized spacial score (nSPS) is 27.4. The average Bonchev–Trinajstić information content (AvgIpc) is 2.82. The van der Waals surface area contributed by atoms with Gasteiger partial charge in [-0.05, 0) is 43.3 Å². The molecule has 2 atom stereocenters. The fourth-order valence-electron chi connectivity index (χ4n) is 2.60. The van der Waals surface area contributed by atoms with Crippen molar-refractivity contribution in [3.8, 4) is 0 Å². The molecule has 2 aliphatic rings. The van der Waals surface area contributed by atoms with Crippen LogP contribution in [0.25, 0.3) is 6.08 Å². The minimum Gasteiger partial charge on any atom is -0.372 e. The van der Waals surface area contributed by atoms with Crippen molar-refractivity contribution in [3.05, 3.63) is 39.8 Å². The zero-order chi connectivity index (χ0) is 15.7. The molecule has 2 aliphatic heterocycles. The lowest BCUT2D eigenvalue weighted by molar-refractivity contribution is -0.113. The second kappa shape index (κ2) is 6.44. The van der Waals surface area contributed by atoms with Gasteiger partial charge in [-0.15, -0.1) is 0 Å². The number of benzene rings is 1. The van der Waals surface area contributed by atoms with Crippen LogP contribution in [0.15, 0.2) is 34.2 Å². The number of nitrogens with zero attached hydrogens (tertiary/aromatic N) is 2. The van der Waals surface area contributed by atoms with E-state index >= 15 is 0 Å². The summed E-state index contributed by atoms with van der Waals surface area (Å²) in [5, 5.41) is 1.38. The lowest BCUT2D eigenvalue weighted by Crippen LogP contribution is -2.47. The van der Waals surface area contributed by atoms with Crippen LogP contribution in [0.2, 0.25) is 5.02 Å². The molecule has 0 spiro atoms. The van der Waals surface area contributed by atoms with Crippen LogP contribution < -0.4 is 0 Å². The summed E-state index contributed by atoms with van der Waals surface area (Å²) in [4.78, 5) is 19.0. The molecule has 0 radical (unpaired) electrons. The predicted molar refractivity (Wildman–Crippen MR) is 91.0 cm³/mol. The van der Waals surface area contributed by atoms with Gasteiger partial charge in [0.15, 0.2) is 5.17 Å². The smallest absolute Gasteiger partial charge is 0.286 e. The van der Waals surface area contributed by atoms with Crippen LogP contribution in [0.4, 0.5) is 0 Å². The minimum absolute atomic E-state index is 0.138. The predicted octanol–water partition coefficient (Wildman–Crippen LogP) is 3.42. The molecule has 2 heterocycles. The fraction of sp³-hybridized carbons (Fsp3) is 0.375. The molecule has 116 valence electrons. The Labute approximate surface area is 139 Å². The summed E-state index contributed by atoms with van der Waals surface area (Å²) in [6, 6.07) is 7.47. The van der Waals surface area contributed by atoms with Gasteiger partial charge in [-0.1, -0.05) is 29.8 Å². The van der Waals surface area contributed by atoms with Crippen LogP contribution in [0, 0.1) is 0 Å². The zero-order valence-electron chi connectivity index (χ0n) is 12.5. The zero-order valence-corrected chi connectivity index (χ0v) is 14.0. The number of amidine groups is 1. The maximum absolute atomic E-state index is 12.1. The van der Waals surface area contributed by atoms with Gasteiger partial charge in [-0.3, -0.25) is 4.79 Å². The lowest BCUT2D eigenvalue weighted by atomic mass is 10.2. The molecular formula is C16H17ClN2O2S. The molecule has 6 heteroatoms. The van der Waals surface area contributed by atoms with E-state index in [2.05, 4.69) is 9.89 Å². The molecule has 0 aromatic heterocycles. The molecule has 1 amide bonds. The standard InChI is InChI=1S/C16H17ClN2O2S/c1-10-8-19(9-11(2)21-10)16-18-15(20)14(22-16)7-12-5-3-4-6-13(12)17/h3-7,10-11H,8-9H2,1-2H3. The quantitative estimate of drug-likeness (QED) is 0.737. The number of ether oxygens (including phenoxy) is 1. The summed E-state index contributed by atoms with van der Waals surface area (Å²) in [6.45, 7) is 5.57. The van der Waals surface area contributed by atoms with E-state index in [1.807, 2.05) is 38.1 Å². The monoisotopic (exact) mass is 336 g/mol. The van der Waals surface area contributed by atoms with E-state index in [4.69, 9.17) is 16.3 Å². The number of carbonyl (C=O) groups excluding carboxylic acids is 1. The molecule has 3 rings (SSSR count). The van der Waals surface area contributed by atoms with E-state index in [0.717, 1.165) is 23.8 Å². The molecule has 1 fully saturated rings. The number of aliphatic imine (C=N–C) groups is 1. The molecule has 4 nitrogen and oxygen atoms in total. The first-order valence-electron chi connectivity index (χ1n) is 7.20. The van der Waals surface area contributed by atoms with Crippen LogP contribution in [-0.2, 0) is 9.53 Å². The summed E-state index contributed by atoms with van der Waals surface area (Å²) in [7, 11) is 0. The Bertz CT molecular complexity index is 649. The van der Waals surface area contributed by atoms with Crippen LogP contribution in [0.5, 0.6) is 0 Å². The number of rotatable bonds is 1. The van der Waals surface area contributed by atoms with E-state index in [1.54, 1.807) is 6.08 Å². The van der Waals surface area contributed by atoms with Gasteiger partial charge < -0.3 is 9.64 Å². The van der Waals surface area contributed by atoms with Crippen molar-refractivity contribution in [2.24, 2.45) is 4.99 Å². The second-order valence-corrected chi connectivity index (χ2v) is 6.91. The fourth-order valence-corrected chi connectivity index (χ4v) is 3.71. The molecule has 1 saturated heterocycles. The maximum Gasteiger partial charge on any atom is 0.286 e. The third kappa shape index (κ3) is 3.37. The van der Waals surface area contributed by atoms with E-state index in [0.29, 0.717) is 9.93 Å². The Morgan fingerprint density at radius 3 is 2.68 bits per heavy atom. The van der Waals surface area contributed by atoms with Crippen LogP contribution >= 0.6 is 23.4 Å². The Balaban J connectivity index is 1.78. The van der Waals surface area contributed by atoms with Crippen LogP contribution in [-0.4, -0.2) is 41.3 Å². The molecule has 22 heavy (non-hydrogen) atoms. The first-order valence-corrected chi connectivity index (χ1v) is 8.40. The summed E-state index contributed by atoms with van der Waals surface area (Å²) in [5.74, 6) is -0.202. The minimum atomic E-state index is -0.202. The summed E-state index contributed by atoms with van der Waals surface area (Å²) >= 11 is 7.55. The van der Waals surface area contributed by atoms with Crippen molar-refractivity contribution in [2.75, 3.05) is 13.1 Å². The number of thioether (sulfide) groups is 1. The van der Waals surface area contributed by atoms with Gasteiger partial charge in [0, 0.05) is 18.1 Å². The number of morpholine rings is 1. The van der Waals surface area contributed by atoms with E-state index < -0.39 is 0 Å². The Morgan fingerprint density at radius 2 is 2.00 bits per heavy atom. The van der Waals surface area contributed by atoms with Gasteiger partial charge in [0.25, 0.3) is 5.91 Å². The van der Waals surface area contributed by atoms with Crippen molar-refractivity contribution >= 4 is 40.5 Å². The van der Waals surface area contributed by atoms with Crippen molar-refractivity contribution in [2.45, 2.75) is 26.1 Å². The Hall–Kier alpha value is -1.30. The molecular weight excluding hydrogens is 320 g/mol. The van der Waals surface area contributed by atoms with Crippen molar-refractivity contribution in [1.29, 1.82) is 0 Å². The highest BCUT2D eigenvalue weighted by Crippen LogP contribution is 2.32. The highest BCUT2D eigenvalue weighted by molar-refractivity contribution is 8.18. The van der Waals surface area contributed by atoms with Crippen LogP contribution in [0.1, 0.15) is 19.4 Å². The Morgan fingerprint density at radius 1 is 1.32 bits per heavy atom. The van der Waals surface area contributed by atoms with Crippen molar-refractivity contribution < 1.29 is 9.53 Å². The van der Waals surface area contributed by atoms with Crippen LogP contribution in [0.3, 0.4) is 0 Å². The summed E-state index contributed by atoms with van der Waals surface area (Å²) in [6.07, 6.45) is 2.08. The largest absolute Gasteiger partial charge is 0.372 e. The molecule has 0 N–H and O–H groups in total. The molecule has 0 bridgehead atoms. The third-order valence-electron chi connectivity index (χ3n) is 3.49. The summed E-state index contributed by atoms with van der Waals surface area (Å²) in [5.41, 5.74) is 0.834. The highest BCUT2D eigenvalue weighted by Gasteiger charge is 2.31.